The van der Waals surface area contributed by atoms with Gasteiger partial charge in [-0.05, 0) is 37.6 Å². The Morgan fingerprint density at radius 1 is 1.15 bits per heavy atom. The highest BCUT2D eigenvalue weighted by atomic mass is 32.1. The van der Waals surface area contributed by atoms with Crippen molar-refractivity contribution in [1.29, 1.82) is 0 Å². The molecule has 27 heavy (non-hydrogen) atoms. The summed E-state index contributed by atoms with van der Waals surface area (Å²) in [4.78, 5) is 17.2. The molecule has 0 aliphatic heterocycles. The van der Waals surface area contributed by atoms with Gasteiger partial charge >= 0.3 is 0 Å². The predicted octanol–water partition coefficient (Wildman–Crippen LogP) is 5.43. The van der Waals surface area contributed by atoms with Gasteiger partial charge in [0, 0.05) is 5.56 Å². The minimum absolute atomic E-state index is 0.233. The number of rotatable bonds is 4. The molecule has 5 nitrogen and oxygen atoms in total. The van der Waals surface area contributed by atoms with Crippen LogP contribution in [0.3, 0.4) is 0 Å². The molecule has 0 saturated carbocycles. The van der Waals surface area contributed by atoms with Crippen molar-refractivity contribution >= 4 is 32.6 Å². The van der Waals surface area contributed by atoms with Crippen LogP contribution in [-0.2, 0) is 0 Å². The van der Waals surface area contributed by atoms with Crippen LogP contribution in [-0.4, -0.2) is 18.0 Å². The van der Waals surface area contributed by atoms with E-state index in [1.165, 1.54) is 11.3 Å². The van der Waals surface area contributed by atoms with Gasteiger partial charge in [0.2, 0.25) is 0 Å². The first-order valence-corrected chi connectivity index (χ1v) is 9.30. The van der Waals surface area contributed by atoms with Gasteiger partial charge in [-0.15, -0.1) is 0 Å². The average Bonchev–Trinajstić information content (AvgIpc) is 3.24. The zero-order chi connectivity index (χ0) is 19.0. The summed E-state index contributed by atoms with van der Waals surface area (Å²) in [7, 11) is 1.62. The third-order valence-corrected chi connectivity index (χ3v) is 5.32. The lowest BCUT2D eigenvalue weighted by Gasteiger charge is -2.05. The molecule has 1 amide bonds. The number of nitrogens with zero attached hydrogens (tertiary/aromatic N) is 1. The molecule has 2 heterocycles. The maximum atomic E-state index is 12.6. The maximum Gasteiger partial charge on any atom is 0.260 e. The van der Waals surface area contributed by atoms with E-state index in [0.717, 1.165) is 21.3 Å². The molecule has 0 fully saturated rings. The van der Waals surface area contributed by atoms with Crippen molar-refractivity contribution in [2.45, 2.75) is 13.8 Å². The summed E-state index contributed by atoms with van der Waals surface area (Å²) in [6.07, 6.45) is 0. The molecule has 0 atom stereocenters. The van der Waals surface area contributed by atoms with Gasteiger partial charge in [-0.25, -0.2) is 4.98 Å². The molecule has 0 saturated heterocycles. The number of methoxy groups -OCH3 is 1. The number of carbonyl (C=O) groups is 1. The maximum absolute atomic E-state index is 12.6. The number of fused-ring (bicyclic) bond motifs is 1. The summed E-state index contributed by atoms with van der Waals surface area (Å²) in [6, 6.07) is 15.7. The van der Waals surface area contributed by atoms with Gasteiger partial charge in [0.15, 0.2) is 5.13 Å². The van der Waals surface area contributed by atoms with E-state index < -0.39 is 0 Å². The van der Waals surface area contributed by atoms with E-state index in [9.17, 15) is 4.79 Å². The Balaban J connectivity index is 1.77. The Morgan fingerprint density at radius 3 is 2.59 bits per heavy atom. The van der Waals surface area contributed by atoms with E-state index in [1.807, 2.05) is 37.3 Å². The van der Waals surface area contributed by atoms with Gasteiger partial charge < -0.3 is 9.15 Å². The molecule has 4 aromatic rings. The minimum atomic E-state index is -0.233. The number of hydrogen-bond acceptors (Lipinski definition) is 5. The Bertz CT molecular complexity index is 1130. The van der Waals surface area contributed by atoms with Crippen molar-refractivity contribution in [2.75, 3.05) is 12.4 Å². The van der Waals surface area contributed by atoms with Gasteiger partial charge in [0.05, 0.1) is 17.4 Å². The number of amides is 1. The molecule has 6 heteroatoms. The molecule has 4 rings (SSSR count). The Morgan fingerprint density at radius 2 is 1.93 bits per heavy atom. The molecular weight excluding hydrogens is 360 g/mol. The van der Waals surface area contributed by atoms with Crippen LogP contribution in [0.5, 0.6) is 5.75 Å². The third-order valence-electron chi connectivity index (χ3n) is 4.32. The van der Waals surface area contributed by atoms with E-state index in [-0.39, 0.29) is 5.91 Å². The third kappa shape index (κ3) is 3.19. The number of ether oxygens (including phenoxy) is 1. The lowest BCUT2D eigenvalue weighted by Crippen LogP contribution is -2.11. The largest absolute Gasteiger partial charge is 0.494 e. The summed E-state index contributed by atoms with van der Waals surface area (Å²) in [5.41, 5.74) is 3.40. The van der Waals surface area contributed by atoms with E-state index >= 15 is 0 Å². The molecule has 2 aromatic heterocycles. The van der Waals surface area contributed by atoms with Crippen molar-refractivity contribution in [2.24, 2.45) is 0 Å². The second kappa shape index (κ2) is 6.89. The van der Waals surface area contributed by atoms with E-state index in [2.05, 4.69) is 22.4 Å². The zero-order valence-corrected chi connectivity index (χ0v) is 16.0. The Labute approximate surface area is 160 Å². The van der Waals surface area contributed by atoms with E-state index in [4.69, 9.17) is 9.15 Å². The normalized spacial score (nSPS) is 10.9. The number of benzene rings is 2. The highest BCUT2D eigenvalue weighted by Gasteiger charge is 2.18. The van der Waals surface area contributed by atoms with Gasteiger partial charge in [-0.1, -0.05) is 41.7 Å². The molecule has 0 radical (unpaired) electrons. The van der Waals surface area contributed by atoms with Crippen molar-refractivity contribution < 1.29 is 13.9 Å². The summed E-state index contributed by atoms with van der Waals surface area (Å²) < 4.78 is 11.9. The molecular formula is C21H18N2O3S. The van der Waals surface area contributed by atoms with E-state index in [1.54, 1.807) is 20.1 Å². The molecule has 0 spiro atoms. The molecule has 136 valence electrons. The number of thiazole rings is 1. The van der Waals surface area contributed by atoms with Gasteiger partial charge in [-0.3, -0.25) is 10.1 Å². The lowest BCUT2D eigenvalue weighted by molar-refractivity contribution is 0.102. The van der Waals surface area contributed by atoms with Crippen LogP contribution in [0.2, 0.25) is 0 Å². The number of aryl methyl sites for hydroxylation is 2. The van der Waals surface area contributed by atoms with Crippen molar-refractivity contribution in [3.63, 3.8) is 0 Å². The summed E-state index contributed by atoms with van der Waals surface area (Å²) in [5.74, 6) is 1.74. The van der Waals surface area contributed by atoms with E-state index in [0.29, 0.717) is 28.0 Å². The summed E-state index contributed by atoms with van der Waals surface area (Å²) >= 11 is 1.43. The monoisotopic (exact) mass is 378 g/mol. The van der Waals surface area contributed by atoms with Gasteiger partial charge in [0.25, 0.3) is 5.91 Å². The topological polar surface area (TPSA) is 64.4 Å². The number of aromatic nitrogens is 1. The average molecular weight is 378 g/mol. The Kier molecular flexibility index (Phi) is 4.41. The van der Waals surface area contributed by atoms with Crippen molar-refractivity contribution in [1.82, 2.24) is 4.98 Å². The second-order valence-electron chi connectivity index (χ2n) is 6.16. The van der Waals surface area contributed by atoms with Crippen molar-refractivity contribution in [3.05, 3.63) is 65.6 Å². The highest BCUT2D eigenvalue weighted by Crippen LogP contribution is 2.39. The van der Waals surface area contributed by atoms with Crippen LogP contribution in [0.1, 0.15) is 21.9 Å². The fourth-order valence-corrected chi connectivity index (χ4v) is 4.08. The fraction of sp³-hybridized carbons (Fsp3) is 0.143. The molecule has 1 N–H and O–H groups in total. The van der Waals surface area contributed by atoms with Crippen LogP contribution in [0, 0.1) is 13.8 Å². The van der Waals surface area contributed by atoms with Gasteiger partial charge in [0.1, 0.15) is 22.8 Å². The second-order valence-corrected chi connectivity index (χ2v) is 7.16. The first-order valence-electron chi connectivity index (χ1n) is 8.48. The predicted molar refractivity (Wildman–Crippen MR) is 108 cm³/mol. The lowest BCUT2D eigenvalue weighted by atomic mass is 10.1. The number of anilines is 1. The number of nitrogens with one attached hydrogen (secondary N) is 1. The van der Waals surface area contributed by atoms with Crippen LogP contribution in [0.4, 0.5) is 5.13 Å². The standard InChI is InChI=1S/C21H18N2O3S/c1-12-11-16(13(2)26-12)20(24)23-21-22-18-17(25-3)10-9-15(19(18)27-21)14-7-5-4-6-8-14/h4-11H,1-3H3,(H,22,23,24). The molecule has 0 aliphatic rings. The van der Waals surface area contributed by atoms with Crippen LogP contribution in [0.15, 0.2) is 52.9 Å². The van der Waals surface area contributed by atoms with Crippen molar-refractivity contribution in [3.8, 4) is 16.9 Å². The first kappa shape index (κ1) is 17.3. The molecule has 0 bridgehead atoms. The minimum Gasteiger partial charge on any atom is -0.494 e. The van der Waals surface area contributed by atoms with Crippen LogP contribution in [0.25, 0.3) is 21.3 Å². The van der Waals surface area contributed by atoms with Crippen LogP contribution >= 0.6 is 11.3 Å². The summed E-state index contributed by atoms with van der Waals surface area (Å²) in [5, 5.41) is 3.41. The molecule has 0 aliphatic carbocycles. The number of carbonyl (C=O) groups excluding carboxylic acids is 1. The SMILES string of the molecule is COc1ccc(-c2ccccc2)c2sc(NC(=O)c3cc(C)oc3C)nc12. The quantitative estimate of drug-likeness (QED) is 0.514. The fourth-order valence-electron chi connectivity index (χ4n) is 3.07. The zero-order valence-electron chi connectivity index (χ0n) is 15.2. The first-order chi connectivity index (χ1) is 13.1. The highest BCUT2D eigenvalue weighted by molar-refractivity contribution is 7.23. The number of hydrogen-bond donors (Lipinski definition) is 1. The van der Waals surface area contributed by atoms with Crippen LogP contribution < -0.4 is 10.1 Å². The smallest absolute Gasteiger partial charge is 0.260 e. The molecule has 0 unspecified atom stereocenters. The number of furan rings is 1. The van der Waals surface area contributed by atoms with Gasteiger partial charge in [-0.2, -0.15) is 0 Å². The Hall–Kier alpha value is -3.12. The summed E-state index contributed by atoms with van der Waals surface area (Å²) in [6.45, 7) is 3.59. The molecule has 2 aromatic carbocycles.